The van der Waals surface area contributed by atoms with E-state index in [9.17, 15) is 4.79 Å². The van der Waals surface area contributed by atoms with Gasteiger partial charge in [-0.25, -0.2) is 5.10 Å². The molecule has 1 aromatic heterocycles. The van der Waals surface area contributed by atoms with Gasteiger partial charge in [-0.3, -0.25) is 4.79 Å². The monoisotopic (exact) mass is 329 g/mol. The zero-order chi connectivity index (χ0) is 16.9. The second-order valence-corrected chi connectivity index (χ2v) is 6.22. The van der Waals surface area contributed by atoms with E-state index in [0.29, 0.717) is 13.1 Å². The van der Waals surface area contributed by atoms with Crippen LogP contribution in [0.1, 0.15) is 13.8 Å². The number of aromatic amines is 1. The molecule has 0 bridgehead atoms. The molecule has 24 heavy (non-hydrogen) atoms. The lowest BCUT2D eigenvalue weighted by Crippen LogP contribution is -2.53. The van der Waals surface area contributed by atoms with Crippen LogP contribution in [0.4, 0.5) is 5.95 Å². The van der Waals surface area contributed by atoms with Crippen molar-refractivity contribution in [1.82, 2.24) is 20.1 Å². The fourth-order valence-electron chi connectivity index (χ4n) is 2.79. The summed E-state index contributed by atoms with van der Waals surface area (Å²) in [6.45, 7) is 6.79. The number of carbonyl (C=O) groups is 1. The minimum Gasteiger partial charge on any atom is -0.480 e. The third-order valence-electron chi connectivity index (χ3n) is 4.15. The molecule has 1 aliphatic heterocycles. The number of para-hydroxylation sites is 1. The average molecular weight is 329 g/mol. The number of anilines is 1. The van der Waals surface area contributed by atoms with Gasteiger partial charge in [-0.1, -0.05) is 32.0 Å². The number of nitrogens with one attached hydrogen (secondary N) is 1. The summed E-state index contributed by atoms with van der Waals surface area (Å²) in [6.07, 6.45) is 1.03. The summed E-state index contributed by atoms with van der Waals surface area (Å²) in [4.78, 5) is 21.0. The summed E-state index contributed by atoms with van der Waals surface area (Å²) in [5.74, 6) is 1.63. The fraction of sp³-hybridized carbons (Fsp3) is 0.471. The number of hydrogen-bond donors (Lipinski definition) is 1. The van der Waals surface area contributed by atoms with Crippen LogP contribution in [0.3, 0.4) is 0 Å². The van der Waals surface area contributed by atoms with E-state index in [0.717, 1.165) is 24.8 Å². The second kappa shape index (κ2) is 7.33. The van der Waals surface area contributed by atoms with Crippen molar-refractivity contribution in [1.29, 1.82) is 0 Å². The van der Waals surface area contributed by atoms with Crippen LogP contribution >= 0.6 is 0 Å². The highest BCUT2D eigenvalue weighted by Crippen LogP contribution is 2.18. The van der Waals surface area contributed by atoms with Crippen LogP contribution in [0, 0.1) is 5.92 Å². The number of rotatable bonds is 5. The highest BCUT2D eigenvalue weighted by Gasteiger charge is 2.31. The minimum absolute atomic E-state index is 0.0473. The molecule has 1 saturated heterocycles. The fourth-order valence-corrected chi connectivity index (χ4v) is 2.79. The lowest BCUT2D eigenvalue weighted by atomic mass is 10.1. The van der Waals surface area contributed by atoms with Crippen molar-refractivity contribution in [2.75, 3.05) is 31.1 Å². The molecule has 1 aromatic carbocycles. The van der Waals surface area contributed by atoms with E-state index in [1.54, 1.807) is 0 Å². The van der Waals surface area contributed by atoms with Gasteiger partial charge in [0.2, 0.25) is 5.95 Å². The van der Waals surface area contributed by atoms with E-state index in [4.69, 9.17) is 4.74 Å². The molecular weight excluding hydrogens is 306 g/mol. The molecule has 7 heteroatoms. The highest BCUT2D eigenvalue weighted by atomic mass is 16.5. The molecule has 1 fully saturated rings. The standard InChI is InChI=1S/C17H23N5O2/c1-13(2)15(24-14-6-4-3-5-7-14)16(23)21-8-10-22(11-9-21)17-18-12-19-20-17/h3-7,12-13,15H,8-11H2,1-2H3,(H,18,19,20). The summed E-state index contributed by atoms with van der Waals surface area (Å²) >= 11 is 0. The highest BCUT2D eigenvalue weighted by molar-refractivity contribution is 5.81. The molecule has 0 aliphatic carbocycles. The Morgan fingerprint density at radius 3 is 2.46 bits per heavy atom. The molecule has 1 aliphatic rings. The number of amides is 1. The summed E-state index contributed by atoms with van der Waals surface area (Å²) in [5, 5.41) is 6.73. The maximum Gasteiger partial charge on any atom is 0.264 e. The third-order valence-corrected chi connectivity index (χ3v) is 4.15. The molecule has 0 saturated carbocycles. The van der Waals surface area contributed by atoms with Crippen LogP contribution in [-0.4, -0.2) is 58.3 Å². The van der Waals surface area contributed by atoms with Gasteiger partial charge in [0.15, 0.2) is 6.10 Å². The summed E-state index contributed by atoms with van der Waals surface area (Å²) in [7, 11) is 0. The van der Waals surface area contributed by atoms with Gasteiger partial charge in [0.25, 0.3) is 5.91 Å². The Hall–Kier alpha value is -2.57. The van der Waals surface area contributed by atoms with Crippen LogP contribution in [0.2, 0.25) is 0 Å². The maximum atomic E-state index is 12.9. The number of ether oxygens (including phenoxy) is 1. The zero-order valence-electron chi connectivity index (χ0n) is 14.1. The molecular formula is C17H23N5O2. The molecule has 1 unspecified atom stereocenters. The minimum atomic E-state index is -0.468. The van der Waals surface area contributed by atoms with Gasteiger partial charge in [-0.05, 0) is 18.1 Å². The van der Waals surface area contributed by atoms with E-state index >= 15 is 0 Å². The molecule has 1 amide bonds. The molecule has 7 nitrogen and oxygen atoms in total. The van der Waals surface area contributed by atoms with E-state index < -0.39 is 6.10 Å². The van der Waals surface area contributed by atoms with Gasteiger partial charge in [-0.2, -0.15) is 10.1 Å². The molecule has 1 atom stereocenters. The Bertz CT molecular complexity index is 636. The van der Waals surface area contributed by atoms with Crippen molar-refractivity contribution >= 4 is 11.9 Å². The number of nitrogens with zero attached hydrogens (tertiary/aromatic N) is 4. The van der Waals surface area contributed by atoms with E-state index in [1.807, 2.05) is 49.1 Å². The normalized spacial score (nSPS) is 16.3. The van der Waals surface area contributed by atoms with Crippen LogP contribution < -0.4 is 9.64 Å². The van der Waals surface area contributed by atoms with E-state index in [1.165, 1.54) is 6.33 Å². The third kappa shape index (κ3) is 3.67. The van der Waals surface area contributed by atoms with Crippen LogP contribution in [0.25, 0.3) is 0 Å². The van der Waals surface area contributed by atoms with Gasteiger partial charge in [0, 0.05) is 26.2 Å². The summed E-state index contributed by atoms with van der Waals surface area (Å²) in [6, 6.07) is 9.51. The van der Waals surface area contributed by atoms with Gasteiger partial charge in [-0.15, -0.1) is 0 Å². The Kier molecular flexibility index (Phi) is 4.98. The quantitative estimate of drug-likeness (QED) is 0.901. The van der Waals surface area contributed by atoms with Gasteiger partial charge >= 0.3 is 0 Å². The van der Waals surface area contributed by atoms with Crippen molar-refractivity contribution in [3.05, 3.63) is 36.7 Å². The first kappa shape index (κ1) is 16.3. The molecule has 3 rings (SSSR count). The Labute approximate surface area is 141 Å². The number of carbonyl (C=O) groups excluding carboxylic acids is 1. The smallest absolute Gasteiger partial charge is 0.264 e. The van der Waals surface area contributed by atoms with Gasteiger partial charge in [0.1, 0.15) is 12.1 Å². The van der Waals surface area contributed by atoms with Gasteiger partial charge < -0.3 is 14.5 Å². The maximum absolute atomic E-state index is 12.9. The predicted molar refractivity (Wildman–Crippen MR) is 90.9 cm³/mol. The Balaban J connectivity index is 1.61. The molecule has 128 valence electrons. The molecule has 2 aromatic rings. The summed E-state index contributed by atoms with van der Waals surface area (Å²) in [5.41, 5.74) is 0. The number of H-pyrrole nitrogens is 1. The predicted octanol–water partition coefficient (Wildman–Crippen LogP) is 1.56. The Morgan fingerprint density at radius 1 is 1.17 bits per heavy atom. The van der Waals surface area contributed by atoms with E-state index in [-0.39, 0.29) is 11.8 Å². The molecule has 2 heterocycles. The molecule has 1 N–H and O–H groups in total. The van der Waals surface area contributed by atoms with Crippen molar-refractivity contribution in [3.63, 3.8) is 0 Å². The number of aromatic nitrogens is 3. The first-order valence-electron chi connectivity index (χ1n) is 8.26. The first-order valence-corrected chi connectivity index (χ1v) is 8.26. The zero-order valence-corrected chi connectivity index (χ0v) is 14.1. The van der Waals surface area contributed by atoms with Crippen LogP contribution in [0.5, 0.6) is 5.75 Å². The second-order valence-electron chi connectivity index (χ2n) is 6.22. The van der Waals surface area contributed by atoms with E-state index in [2.05, 4.69) is 20.1 Å². The van der Waals surface area contributed by atoms with Crippen molar-refractivity contribution < 1.29 is 9.53 Å². The molecule has 0 spiro atoms. The largest absolute Gasteiger partial charge is 0.480 e. The van der Waals surface area contributed by atoms with Crippen LogP contribution in [-0.2, 0) is 4.79 Å². The first-order chi connectivity index (χ1) is 11.6. The lowest BCUT2D eigenvalue weighted by Gasteiger charge is -2.36. The average Bonchev–Trinajstić information content (AvgIpc) is 3.14. The SMILES string of the molecule is CC(C)C(Oc1ccccc1)C(=O)N1CCN(c2ncn[nH]2)CC1. The van der Waals surface area contributed by atoms with Crippen molar-refractivity contribution in [2.24, 2.45) is 5.92 Å². The van der Waals surface area contributed by atoms with Crippen LogP contribution in [0.15, 0.2) is 36.7 Å². The van der Waals surface area contributed by atoms with Crippen molar-refractivity contribution in [2.45, 2.75) is 20.0 Å². The molecule has 0 radical (unpaired) electrons. The lowest BCUT2D eigenvalue weighted by molar-refractivity contribution is -0.141. The number of benzene rings is 1. The van der Waals surface area contributed by atoms with Gasteiger partial charge in [0.05, 0.1) is 0 Å². The summed E-state index contributed by atoms with van der Waals surface area (Å²) < 4.78 is 5.96. The number of piperazine rings is 1. The number of hydrogen-bond acceptors (Lipinski definition) is 5. The Morgan fingerprint density at radius 2 is 1.88 bits per heavy atom. The topological polar surface area (TPSA) is 74.3 Å². The van der Waals surface area contributed by atoms with Crippen molar-refractivity contribution in [3.8, 4) is 5.75 Å².